The Hall–Kier alpha value is -1.21. The molecule has 1 N–H and O–H groups in total. The molecule has 0 spiro atoms. The Morgan fingerprint density at radius 2 is 1.72 bits per heavy atom. The third-order valence-electron chi connectivity index (χ3n) is 4.68. The summed E-state index contributed by atoms with van der Waals surface area (Å²) in [4.78, 5) is 13.2. The second-order valence-electron chi connectivity index (χ2n) is 7.13. The smallest absolute Gasteiger partial charge is 0.187 e. The first kappa shape index (κ1) is 24.1. The predicted molar refractivity (Wildman–Crippen MR) is 122 cm³/mol. The van der Waals surface area contributed by atoms with Gasteiger partial charge >= 0.3 is 0 Å². The number of Topliss-reactive ketones (excluding diaryl/α,β-unsaturated/α-hetero) is 1. The Kier molecular flexibility index (Phi) is 10.4. The van der Waals surface area contributed by atoms with E-state index in [4.69, 9.17) is 11.6 Å². The summed E-state index contributed by atoms with van der Waals surface area (Å²) in [5, 5.41) is 3.92. The van der Waals surface area contributed by atoms with Crippen LogP contribution in [-0.4, -0.2) is 33.0 Å². The maximum Gasteiger partial charge on any atom is 0.187 e. The van der Waals surface area contributed by atoms with Gasteiger partial charge in [0.15, 0.2) is 15.6 Å². The highest BCUT2D eigenvalue weighted by Crippen LogP contribution is 2.25. The van der Waals surface area contributed by atoms with Gasteiger partial charge in [-0.05, 0) is 68.8 Å². The first-order valence-corrected chi connectivity index (χ1v) is 13.1. The average Bonchev–Trinajstić information content (AvgIpc) is 3.19. The van der Waals surface area contributed by atoms with Gasteiger partial charge in [-0.25, -0.2) is 8.42 Å². The second kappa shape index (κ2) is 12.5. The predicted octanol–water partition coefficient (Wildman–Crippen LogP) is 5.55. The fourth-order valence-corrected chi connectivity index (χ4v) is 5.91. The number of nitrogens with one attached hydrogen (secondary N) is 1. The molecule has 0 radical (unpaired) electrons. The standard InChI is InChI=1S/C22H30ClNO3S2/c1-2-3-4-5-15-24-16-6-17-29(26,27)22-14-12-20(28-22)11-13-21(25)18-7-9-19(23)10-8-18/h7-10,12,14,24H,2-6,11,13,15-17H2,1H3. The van der Waals surface area contributed by atoms with E-state index in [0.717, 1.165) is 24.4 Å². The van der Waals surface area contributed by atoms with E-state index in [1.165, 1.54) is 30.6 Å². The van der Waals surface area contributed by atoms with Crippen molar-refractivity contribution in [3.63, 3.8) is 0 Å². The van der Waals surface area contributed by atoms with Gasteiger partial charge in [-0.3, -0.25) is 4.79 Å². The normalized spacial score (nSPS) is 11.7. The topological polar surface area (TPSA) is 63.2 Å². The largest absolute Gasteiger partial charge is 0.317 e. The summed E-state index contributed by atoms with van der Waals surface area (Å²) in [6.45, 7) is 3.86. The van der Waals surface area contributed by atoms with Crippen LogP contribution < -0.4 is 5.32 Å². The molecule has 0 saturated carbocycles. The Morgan fingerprint density at radius 3 is 2.45 bits per heavy atom. The summed E-state index contributed by atoms with van der Waals surface area (Å²) in [6.07, 6.45) is 6.34. The first-order valence-electron chi connectivity index (χ1n) is 10.2. The highest BCUT2D eigenvalue weighted by Gasteiger charge is 2.17. The molecule has 29 heavy (non-hydrogen) atoms. The Morgan fingerprint density at radius 1 is 1.00 bits per heavy atom. The molecule has 0 aliphatic carbocycles. The van der Waals surface area contributed by atoms with E-state index >= 15 is 0 Å². The van der Waals surface area contributed by atoms with Crippen molar-refractivity contribution in [2.75, 3.05) is 18.8 Å². The van der Waals surface area contributed by atoms with Crippen molar-refractivity contribution in [3.8, 4) is 0 Å². The Balaban J connectivity index is 1.74. The van der Waals surface area contributed by atoms with Crippen LogP contribution in [0.1, 0.15) is 60.7 Å². The number of thiophene rings is 1. The van der Waals surface area contributed by atoms with Crippen LogP contribution in [0, 0.1) is 0 Å². The van der Waals surface area contributed by atoms with Crippen molar-refractivity contribution in [3.05, 3.63) is 51.9 Å². The summed E-state index contributed by atoms with van der Waals surface area (Å²) < 4.78 is 25.4. The number of carbonyl (C=O) groups excluding carboxylic acids is 1. The number of halogens is 1. The van der Waals surface area contributed by atoms with Gasteiger partial charge in [0.25, 0.3) is 0 Å². The van der Waals surface area contributed by atoms with Crippen LogP contribution in [-0.2, 0) is 16.3 Å². The molecular formula is C22H30ClNO3S2. The van der Waals surface area contributed by atoms with Crippen LogP contribution in [0.5, 0.6) is 0 Å². The van der Waals surface area contributed by atoms with Gasteiger partial charge in [-0.1, -0.05) is 37.8 Å². The minimum Gasteiger partial charge on any atom is -0.317 e. The second-order valence-corrected chi connectivity index (χ2v) is 11.1. The van der Waals surface area contributed by atoms with E-state index in [1.807, 2.05) is 6.07 Å². The maximum atomic E-state index is 12.5. The lowest BCUT2D eigenvalue weighted by Gasteiger charge is -2.05. The van der Waals surface area contributed by atoms with Crippen molar-refractivity contribution < 1.29 is 13.2 Å². The highest BCUT2D eigenvalue weighted by atomic mass is 35.5. The zero-order chi connectivity index (χ0) is 21.1. The minimum absolute atomic E-state index is 0.0319. The number of hydrogen-bond donors (Lipinski definition) is 1. The quantitative estimate of drug-likeness (QED) is 0.299. The van der Waals surface area contributed by atoms with Crippen LogP contribution in [0.3, 0.4) is 0 Å². The van der Waals surface area contributed by atoms with E-state index in [9.17, 15) is 13.2 Å². The van der Waals surface area contributed by atoms with Crippen LogP contribution >= 0.6 is 22.9 Å². The Bertz CT molecular complexity index is 860. The molecule has 2 rings (SSSR count). The lowest BCUT2D eigenvalue weighted by Crippen LogP contribution is -2.19. The van der Waals surface area contributed by atoms with Gasteiger partial charge in [-0.15, -0.1) is 11.3 Å². The molecule has 0 aliphatic rings. The zero-order valence-corrected chi connectivity index (χ0v) is 19.3. The first-order chi connectivity index (χ1) is 13.9. The zero-order valence-electron chi connectivity index (χ0n) is 17.0. The molecule has 1 heterocycles. The molecule has 0 fully saturated rings. The van der Waals surface area contributed by atoms with Gasteiger partial charge in [0, 0.05) is 21.9 Å². The third-order valence-corrected chi connectivity index (χ3v) is 8.46. The van der Waals surface area contributed by atoms with Crippen LogP contribution in [0.2, 0.25) is 5.02 Å². The van der Waals surface area contributed by atoms with Crippen molar-refractivity contribution in [1.82, 2.24) is 5.32 Å². The number of hydrogen-bond acceptors (Lipinski definition) is 5. The number of ketones is 1. The van der Waals surface area contributed by atoms with Crippen LogP contribution in [0.15, 0.2) is 40.6 Å². The van der Waals surface area contributed by atoms with E-state index in [0.29, 0.717) is 34.1 Å². The Labute approximate surface area is 183 Å². The molecule has 2 aromatic rings. The van der Waals surface area contributed by atoms with Crippen molar-refractivity contribution >= 4 is 38.6 Å². The lowest BCUT2D eigenvalue weighted by molar-refractivity contribution is 0.0983. The van der Waals surface area contributed by atoms with Crippen molar-refractivity contribution in [2.24, 2.45) is 0 Å². The highest BCUT2D eigenvalue weighted by molar-refractivity contribution is 7.93. The summed E-state index contributed by atoms with van der Waals surface area (Å²) in [7, 11) is -3.26. The van der Waals surface area contributed by atoms with E-state index in [-0.39, 0.29) is 11.5 Å². The van der Waals surface area contributed by atoms with Crippen molar-refractivity contribution in [1.29, 1.82) is 0 Å². The third kappa shape index (κ3) is 8.59. The number of unbranched alkanes of at least 4 members (excludes halogenated alkanes) is 3. The molecule has 0 aliphatic heterocycles. The summed E-state index contributed by atoms with van der Waals surface area (Å²) in [5.74, 6) is 0.183. The lowest BCUT2D eigenvalue weighted by atomic mass is 10.1. The minimum atomic E-state index is -3.26. The number of carbonyl (C=O) groups is 1. The molecule has 160 valence electrons. The number of benzene rings is 1. The molecular weight excluding hydrogens is 426 g/mol. The summed E-state index contributed by atoms with van der Waals surface area (Å²) in [6, 6.07) is 10.3. The molecule has 4 nitrogen and oxygen atoms in total. The number of aryl methyl sites for hydroxylation is 1. The fraction of sp³-hybridized carbons (Fsp3) is 0.500. The average molecular weight is 456 g/mol. The van der Waals surface area contributed by atoms with Gasteiger partial charge in [-0.2, -0.15) is 0 Å². The monoisotopic (exact) mass is 455 g/mol. The SMILES string of the molecule is CCCCCCNCCCS(=O)(=O)c1ccc(CCC(=O)c2ccc(Cl)cc2)s1. The van der Waals surface area contributed by atoms with Gasteiger partial charge in [0.05, 0.1) is 5.75 Å². The summed E-state index contributed by atoms with van der Waals surface area (Å²) >= 11 is 7.12. The maximum absolute atomic E-state index is 12.5. The van der Waals surface area contributed by atoms with Crippen molar-refractivity contribution in [2.45, 2.75) is 56.1 Å². The van der Waals surface area contributed by atoms with Gasteiger partial charge in [0.1, 0.15) is 4.21 Å². The van der Waals surface area contributed by atoms with Gasteiger partial charge in [0.2, 0.25) is 0 Å². The molecule has 1 aromatic carbocycles. The van der Waals surface area contributed by atoms with E-state index in [2.05, 4.69) is 12.2 Å². The van der Waals surface area contributed by atoms with E-state index in [1.54, 1.807) is 30.3 Å². The van der Waals surface area contributed by atoms with Gasteiger partial charge < -0.3 is 5.32 Å². The van der Waals surface area contributed by atoms with Crippen LogP contribution in [0.25, 0.3) is 0 Å². The molecule has 0 unspecified atom stereocenters. The molecule has 0 bridgehead atoms. The molecule has 0 amide bonds. The molecule has 0 saturated heterocycles. The fourth-order valence-electron chi connectivity index (χ4n) is 2.97. The summed E-state index contributed by atoms with van der Waals surface area (Å²) in [5.41, 5.74) is 0.626. The number of rotatable bonds is 14. The molecule has 7 heteroatoms. The van der Waals surface area contributed by atoms with Crippen LogP contribution in [0.4, 0.5) is 0 Å². The molecule has 1 aromatic heterocycles. The van der Waals surface area contributed by atoms with E-state index < -0.39 is 9.84 Å². The molecule has 0 atom stereocenters. The number of sulfone groups is 1.